The van der Waals surface area contributed by atoms with E-state index in [0.717, 1.165) is 30.0 Å². The van der Waals surface area contributed by atoms with Crippen molar-refractivity contribution in [2.45, 2.75) is 25.5 Å². The predicted molar refractivity (Wildman–Crippen MR) is 69.9 cm³/mol. The van der Waals surface area contributed by atoms with Gasteiger partial charge in [-0.3, -0.25) is 14.1 Å². The van der Waals surface area contributed by atoms with Crippen LogP contribution in [0, 0.1) is 0 Å². The van der Waals surface area contributed by atoms with E-state index in [0.29, 0.717) is 13.1 Å². The van der Waals surface area contributed by atoms with E-state index in [1.807, 2.05) is 5.38 Å². The summed E-state index contributed by atoms with van der Waals surface area (Å²) >= 11 is 1.46. The molecule has 2 aromatic heterocycles. The van der Waals surface area contributed by atoms with Gasteiger partial charge in [-0.15, -0.1) is 11.3 Å². The number of hydrogen-bond donors (Lipinski definition) is 1. The lowest BCUT2D eigenvalue weighted by Gasteiger charge is -2.29. The average Bonchev–Trinajstić information content (AvgIpc) is 2.77. The number of fused-ring (bicyclic) bond motifs is 1. The van der Waals surface area contributed by atoms with Gasteiger partial charge in [0.1, 0.15) is 0 Å². The molecule has 1 N–H and O–H groups in total. The summed E-state index contributed by atoms with van der Waals surface area (Å²) in [5.41, 5.74) is 0.755. The minimum atomic E-state index is -0.245. The maximum atomic E-state index is 11.8. The van der Waals surface area contributed by atoms with Gasteiger partial charge in [0.05, 0.1) is 11.8 Å². The Morgan fingerprint density at radius 2 is 2.44 bits per heavy atom. The Balaban J connectivity index is 1.83. The monoisotopic (exact) mass is 265 g/mol. The zero-order chi connectivity index (χ0) is 12.5. The highest BCUT2D eigenvalue weighted by Gasteiger charge is 2.18. The fourth-order valence-corrected chi connectivity index (χ4v) is 3.11. The molecule has 18 heavy (non-hydrogen) atoms. The highest BCUT2D eigenvalue weighted by Crippen LogP contribution is 2.13. The summed E-state index contributed by atoms with van der Waals surface area (Å²) in [5, 5.41) is 11.5. The van der Waals surface area contributed by atoms with Crippen molar-refractivity contribution in [3.63, 3.8) is 0 Å². The molecule has 1 atom stereocenters. The van der Waals surface area contributed by atoms with Crippen LogP contribution in [0.3, 0.4) is 0 Å². The standard InChI is InChI=1S/C12H15N3O2S/c16-10-2-1-3-14(8-10)7-9-6-11(17)15-4-5-18-12(15)13-9/h4-6,10,16H,1-3,7-8H2. The molecular formula is C12H15N3O2S. The fraction of sp³-hybridized carbons (Fsp3) is 0.500. The van der Waals surface area contributed by atoms with E-state index in [4.69, 9.17) is 0 Å². The molecule has 1 unspecified atom stereocenters. The lowest BCUT2D eigenvalue weighted by Crippen LogP contribution is -2.38. The van der Waals surface area contributed by atoms with E-state index in [1.54, 1.807) is 16.7 Å². The topological polar surface area (TPSA) is 57.8 Å². The predicted octanol–water partition coefficient (Wildman–Crippen LogP) is 0.713. The van der Waals surface area contributed by atoms with Crippen LogP contribution >= 0.6 is 11.3 Å². The number of nitrogens with zero attached hydrogens (tertiary/aromatic N) is 3. The summed E-state index contributed by atoms with van der Waals surface area (Å²) in [4.78, 5) is 19.2. The first-order valence-electron chi connectivity index (χ1n) is 6.08. The zero-order valence-corrected chi connectivity index (χ0v) is 10.8. The van der Waals surface area contributed by atoms with Crippen LogP contribution in [0.4, 0.5) is 0 Å². The van der Waals surface area contributed by atoms with Crippen LogP contribution in [-0.4, -0.2) is 38.6 Å². The third-order valence-electron chi connectivity index (χ3n) is 3.22. The van der Waals surface area contributed by atoms with Gasteiger partial charge in [-0.25, -0.2) is 4.98 Å². The molecule has 2 aromatic rings. The molecule has 1 fully saturated rings. The van der Waals surface area contributed by atoms with Gasteiger partial charge >= 0.3 is 0 Å². The second kappa shape index (κ2) is 4.79. The molecule has 0 amide bonds. The number of piperidine rings is 1. The first-order chi connectivity index (χ1) is 8.72. The average molecular weight is 265 g/mol. The summed E-state index contributed by atoms with van der Waals surface area (Å²) in [6.07, 6.45) is 3.37. The first kappa shape index (κ1) is 11.8. The minimum Gasteiger partial charge on any atom is -0.392 e. The summed E-state index contributed by atoms with van der Waals surface area (Å²) < 4.78 is 1.55. The smallest absolute Gasteiger partial charge is 0.258 e. The molecule has 1 aliphatic heterocycles. The molecule has 96 valence electrons. The molecule has 0 radical (unpaired) electrons. The number of rotatable bonds is 2. The van der Waals surface area contributed by atoms with E-state index >= 15 is 0 Å². The molecule has 6 heteroatoms. The second-order valence-electron chi connectivity index (χ2n) is 4.67. The molecule has 0 aliphatic carbocycles. The Kier molecular flexibility index (Phi) is 3.15. The second-order valence-corrected chi connectivity index (χ2v) is 5.55. The SMILES string of the molecule is O=c1cc(CN2CCCC(O)C2)nc2sccn12. The van der Waals surface area contributed by atoms with Crippen molar-refractivity contribution < 1.29 is 5.11 Å². The van der Waals surface area contributed by atoms with Crippen LogP contribution in [-0.2, 0) is 6.54 Å². The summed E-state index contributed by atoms with van der Waals surface area (Å²) in [6.45, 7) is 2.27. The molecule has 0 saturated carbocycles. The molecule has 1 aliphatic rings. The summed E-state index contributed by atoms with van der Waals surface area (Å²) in [6, 6.07) is 1.58. The Bertz CT molecular complexity index is 607. The van der Waals surface area contributed by atoms with Crippen molar-refractivity contribution in [1.29, 1.82) is 0 Å². The van der Waals surface area contributed by atoms with E-state index in [1.165, 1.54) is 11.3 Å². The number of aliphatic hydroxyl groups excluding tert-OH is 1. The lowest BCUT2D eigenvalue weighted by atomic mass is 10.1. The number of aliphatic hydroxyl groups is 1. The largest absolute Gasteiger partial charge is 0.392 e. The van der Waals surface area contributed by atoms with Gasteiger partial charge in [0, 0.05) is 30.7 Å². The van der Waals surface area contributed by atoms with E-state index in [2.05, 4.69) is 9.88 Å². The van der Waals surface area contributed by atoms with Gasteiger partial charge in [-0.2, -0.15) is 0 Å². The molecular weight excluding hydrogens is 250 g/mol. The minimum absolute atomic E-state index is 0.0335. The van der Waals surface area contributed by atoms with E-state index in [-0.39, 0.29) is 11.7 Å². The molecule has 0 spiro atoms. The molecule has 0 bridgehead atoms. The van der Waals surface area contributed by atoms with Crippen molar-refractivity contribution in [2.24, 2.45) is 0 Å². The van der Waals surface area contributed by atoms with Crippen LogP contribution in [0.2, 0.25) is 0 Å². The van der Waals surface area contributed by atoms with Crippen molar-refractivity contribution in [3.8, 4) is 0 Å². The van der Waals surface area contributed by atoms with E-state index in [9.17, 15) is 9.90 Å². The molecule has 1 saturated heterocycles. The highest BCUT2D eigenvalue weighted by atomic mass is 32.1. The van der Waals surface area contributed by atoms with E-state index < -0.39 is 0 Å². The zero-order valence-electron chi connectivity index (χ0n) is 9.95. The summed E-state index contributed by atoms with van der Waals surface area (Å²) in [7, 11) is 0. The molecule has 3 rings (SSSR count). The third kappa shape index (κ3) is 2.31. The molecule has 0 aromatic carbocycles. The Morgan fingerprint density at radius 1 is 1.56 bits per heavy atom. The number of β-amino-alcohol motifs (C(OH)–C–C–N with tert-alkyl or cyclic N) is 1. The summed E-state index contributed by atoms with van der Waals surface area (Å²) in [5.74, 6) is 0. The fourth-order valence-electron chi connectivity index (χ4n) is 2.37. The number of thiazole rings is 1. The maximum absolute atomic E-state index is 11.8. The number of aromatic nitrogens is 2. The normalized spacial score (nSPS) is 21.5. The maximum Gasteiger partial charge on any atom is 0.258 e. The van der Waals surface area contributed by atoms with Gasteiger partial charge in [-0.05, 0) is 19.4 Å². The third-order valence-corrected chi connectivity index (χ3v) is 3.98. The number of likely N-dealkylation sites (tertiary alicyclic amines) is 1. The van der Waals surface area contributed by atoms with Crippen molar-refractivity contribution in [2.75, 3.05) is 13.1 Å². The Hall–Kier alpha value is -1.24. The van der Waals surface area contributed by atoms with Gasteiger partial charge < -0.3 is 5.11 Å². The van der Waals surface area contributed by atoms with Gasteiger partial charge in [0.2, 0.25) is 0 Å². The van der Waals surface area contributed by atoms with Gasteiger partial charge in [0.25, 0.3) is 5.56 Å². The highest BCUT2D eigenvalue weighted by molar-refractivity contribution is 7.15. The van der Waals surface area contributed by atoms with Gasteiger partial charge in [-0.1, -0.05) is 0 Å². The van der Waals surface area contributed by atoms with Crippen molar-refractivity contribution in [1.82, 2.24) is 14.3 Å². The van der Waals surface area contributed by atoms with Crippen molar-refractivity contribution in [3.05, 3.63) is 33.7 Å². The van der Waals surface area contributed by atoms with Crippen LogP contribution in [0.25, 0.3) is 4.96 Å². The van der Waals surface area contributed by atoms with Crippen molar-refractivity contribution >= 4 is 16.3 Å². The molecule has 3 heterocycles. The van der Waals surface area contributed by atoms with Gasteiger partial charge in [0.15, 0.2) is 4.96 Å². The van der Waals surface area contributed by atoms with Crippen LogP contribution < -0.4 is 5.56 Å². The number of hydrogen-bond acceptors (Lipinski definition) is 5. The molecule has 5 nitrogen and oxygen atoms in total. The Labute approximate surface area is 108 Å². The van der Waals surface area contributed by atoms with Crippen LogP contribution in [0.15, 0.2) is 22.4 Å². The first-order valence-corrected chi connectivity index (χ1v) is 6.96. The quantitative estimate of drug-likeness (QED) is 0.869. The van der Waals surface area contributed by atoms with Crippen LogP contribution in [0.5, 0.6) is 0 Å². The lowest BCUT2D eigenvalue weighted by molar-refractivity contribution is 0.0662. The Morgan fingerprint density at radius 3 is 3.28 bits per heavy atom. The van der Waals surface area contributed by atoms with Crippen LogP contribution in [0.1, 0.15) is 18.5 Å².